The fraction of sp³-hybridized carbons (Fsp3) is 1.00. The topological polar surface area (TPSA) is 21.7 Å². The van der Waals surface area contributed by atoms with E-state index in [2.05, 4.69) is 27.9 Å². The quantitative estimate of drug-likeness (QED) is 0.344. The summed E-state index contributed by atoms with van der Waals surface area (Å²) in [6.45, 7) is 0. The Morgan fingerprint density at radius 1 is 1.31 bits per heavy atom. The van der Waals surface area contributed by atoms with E-state index < -0.39 is 0 Å². The van der Waals surface area contributed by atoms with Crippen molar-refractivity contribution in [2.24, 2.45) is 0 Å². The highest BCUT2D eigenvalue weighted by Crippen LogP contribution is 2.28. The molecule has 0 aliphatic heterocycles. The Bertz CT molecular complexity index is 133. The summed E-state index contributed by atoms with van der Waals surface area (Å²) in [6.07, 6.45) is 6.61. The minimum atomic E-state index is 0.652. The van der Waals surface area contributed by atoms with E-state index in [-0.39, 0.29) is 0 Å². The maximum atomic E-state index is 5.06. The van der Waals surface area contributed by atoms with E-state index >= 15 is 0 Å². The number of hydrogen-bond donors (Lipinski definition) is 1. The maximum Gasteiger partial charge on any atom is 0.185 e. The molecule has 0 heterocycles. The molecule has 0 spiro atoms. The van der Waals surface area contributed by atoms with Gasteiger partial charge in [-0.1, -0.05) is 19.3 Å². The monoisotopic (exact) mass is 241 g/mol. The molecule has 0 N–H and O–H groups in total. The Hall–Kier alpha value is 0.930. The van der Waals surface area contributed by atoms with Crippen LogP contribution in [0.4, 0.5) is 0 Å². The van der Waals surface area contributed by atoms with E-state index in [1.54, 1.807) is 0 Å². The average molecular weight is 241 g/mol. The highest BCUT2D eigenvalue weighted by molar-refractivity contribution is 8.07. The molecule has 0 bridgehead atoms. The lowest BCUT2D eigenvalue weighted by Crippen LogP contribution is -2.27. The Balaban J connectivity index is 2.09. The van der Waals surface area contributed by atoms with Crippen molar-refractivity contribution >= 4 is 37.5 Å². The predicted octanol–water partition coefficient (Wildman–Crippen LogP) is 3.26. The van der Waals surface area contributed by atoms with Gasteiger partial charge in [0, 0.05) is 6.04 Å². The highest BCUT2D eigenvalue weighted by atomic mass is 32.3. The third-order valence-electron chi connectivity index (χ3n) is 2.30. The predicted molar refractivity (Wildman–Crippen MR) is 61.0 cm³/mol. The van der Waals surface area contributed by atoms with Crippen LogP contribution in [-0.4, -0.2) is 17.4 Å². The molecule has 0 aromatic carbocycles. The standard InChI is InChI=1S/C7H15NO2S3/c1-8(12-10-13-9-11)7-5-3-2-4-6-7/h7,11H,2-6H2,1H3. The molecule has 0 amide bonds. The summed E-state index contributed by atoms with van der Waals surface area (Å²) in [5.74, 6) is 0. The van der Waals surface area contributed by atoms with Crippen LogP contribution in [0.5, 0.6) is 0 Å². The van der Waals surface area contributed by atoms with Gasteiger partial charge in [0.25, 0.3) is 0 Å². The Morgan fingerprint density at radius 3 is 2.62 bits per heavy atom. The van der Waals surface area contributed by atoms with Crippen LogP contribution in [0.1, 0.15) is 32.1 Å². The smallest absolute Gasteiger partial charge is 0.185 e. The zero-order valence-corrected chi connectivity index (χ0v) is 10.2. The van der Waals surface area contributed by atoms with Crippen LogP contribution < -0.4 is 0 Å². The maximum absolute atomic E-state index is 5.06. The largest absolute Gasteiger partial charge is 0.226 e. The van der Waals surface area contributed by atoms with Gasteiger partial charge in [-0.15, -0.1) is 0 Å². The number of nitrogens with zero attached hydrogens (tertiary/aromatic N) is 1. The second kappa shape index (κ2) is 7.25. The van der Waals surface area contributed by atoms with Crippen LogP contribution in [0.2, 0.25) is 0 Å². The fourth-order valence-corrected chi connectivity index (χ4v) is 2.72. The van der Waals surface area contributed by atoms with E-state index in [1.165, 1.54) is 44.3 Å². The van der Waals surface area contributed by atoms with Crippen molar-refractivity contribution in [3.8, 4) is 0 Å². The van der Waals surface area contributed by atoms with E-state index in [0.717, 1.165) is 12.3 Å². The second-order valence-electron chi connectivity index (χ2n) is 3.12. The van der Waals surface area contributed by atoms with Gasteiger partial charge in [-0.25, -0.2) is 11.6 Å². The van der Waals surface area contributed by atoms with Gasteiger partial charge in [0.15, 0.2) is 12.3 Å². The normalized spacial score (nSPS) is 19.6. The molecule has 0 saturated heterocycles. The molecule has 1 aliphatic carbocycles. The van der Waals surface area contributed by atoms with Crippen molar-refractivity contribution in [1.82, 2.24) is 4.31 Å². The summed E-state index contributed by atoms with van der Waals surface area (Å²) < 4.78 is 11.6. The molecule has 0 radical (unpaired) electrons. The van der Waals surface area contributed by atoms with Gasteiger partial charge in [-0.05, 0) is 32.8 Å². The van der Waals surface area contributed by atoms with Gasteiger partial charge < -0.3 is 0 Å². The van der Waals surface area contributed by atoms with Crippen LogP contribution in [0.15, 0.2) is 0 Å². The van der Waals surface area contributed by atoms with Gasteiger partial charge in [0.1, 0.15) is 0 Å². The SMILES string of the molecule is CN(SOSOS)C1CCCCC1. The molecule has 6 heteroatoms. The summed E-state index contributed by atoms with van der Waals surface area (Å²) in [5, 5.41) is 0. The molecule has 78 valence electrons. The van der Waals surface area contributed by atoms with Crippen molar-refractivity contribution in [2.45, 2.75) is 38.1 Å². The molecule has 0 unspecified atom stereocenters. The van der Waals surface area contributed by atoms with Gasteiger partial charge in [-0.3, -0.25) is 0 Å². The summed E-state index contributed by atoms with van der Waals surface area (Å²) in [7, 11) is 2.06. The molecule has 1 aliphatic rings. The van der Waals surface area contributed by atoms with Gasteiger partial charge in [0.05, 0.1) is 12.2 Å². The zero-order chi connectivity index (χ0) is 9.52. The van der Waals surface area contributed by atoms with Crippen LogP contribution in [-0.2, 0) is 7.26 Å². The first-order chi connectivity index (χ1) is 6.34. The van der Waals surface area contributed by atoms with Crippen molar-refractivity contribution in [2.75, 3.05) is 7.05 Å². The van der Waals surface area contributed by atoms with Gasteiger partial charge >= 0.3 is 0 Å². The minimum absolute atomic E-state index is 0.652. The molecule has 0 aromatic rings. The first-order valence-corrected chi connectivity index (χ1v) is 6.12. The first-order valence-electron chi connectivity index (χ1n) is 4.39. The molecule has 0 aromatic heterocycles. The number of hydrogen-bond acceptors (Lipinski definition) is 6. The fourth-order valence-electron chi connectivity index (χ4n) is 1.58. The number of rotatable bonds is 5. The Labute approximate surface area is 94.3 Å². The Kier molecular flexibility index (Phi) is 6.69. The summed E-state index contributed by atoms with van der Waals surface area (Å²) in [4.78, 5) is 0. The number of thiol groups is 1. The summed E-state index contributed by atoms with van der Waals surface area (Å²) >= 11 is 5.77. The van der Waals surface area contributed by atoms with Crippen molar-refractivity contribution in [3.63, 3.8) is 0 Å². The highest BCUT2D eigenvalue weighted by Gasteiger charge is 2.18. The molecular weight excluding hydrogens is 226 g/mol. The van der Waals surface area contributed by atoms with Gasteiger partial charge in [0.2, 0.25) is 0 Å². The third kappa shape index (κ3) is 4.80. The molecule has 3 nitrogen and oxygen atoms in total. The van der Waals surface area contributed by atoms with E-state index in [1.807, 2.05) is 0 Å². The molecule has 1 rings (SSSR count). The lowest BCUT2D eigenvalue weighted by Gasteiger charge is -2.28. The van der Waals surface area contributed by atoms with E-state index in [0.29, 0.717) is 6.04 Å². The van der Waals surface area contributed by atoms with Crippen LogP contribution in [0, 0.1) is 0 Å². The zero-order valence-electron chi connectivity index (χ0n) is 7.64. The lowest BCUT2D eigenvalue weighted by atomic mass is 9.96. The minimum Gasteiger partial charge on any atom is -0.226 e. The van der Waals surface area contributed by atoms with Crippen LogP contribution >= 0.6 is 37.5 Å². The van der Waals surface area contributed by atoms with Crippen molar-refractivity contribution < 1.29 is 7.26 Å². The Morgan fingerprint density at radius 2 is 2.00 bits per heavy atom. The van der Waals surface area contributed by atoms with Gasteiger partial charge in [-0.2, -0.15) is 0 Å². The first kappa shape index (κ1) is 12.0. The van der Waals surface area contributed by atoms with Crippen molar-refractivity contribution in [1.29, 1.82) is 0 Å². The van der Waals surface area contributed by atoms with Crippen LogP contribution in [0.3, 0.4) is 0 Å². The lowest BCUT2D eigenvalue weighted by molar-refractivity contribution is 0.298. The summed E-state index contributed by atoms with van der Waals surface area (Å²) in [6, 6.07) is 0.652. The molecular formula is C7H15NO2S3. The van der Waals surface area contributed by atoms with Crippen LogP contribution in [0.25, 0.3) is 0 Å². The molecule has 13 heavy (non-hydrogen) atoms. The third-order valence-corrected chi connectivity index (χ3v) is 3.54. The van der Waals surface area contributed by atoms with E-state index in [4.69, 9.17) is 3.63 Å². The second-order valence-corrected chi connectivity index (χ2v) is 5.12. The average Bonchev–Trinajstić information content (AvgIpc) is 2.19. The molecule has 0 atom stereocenters. The summed E-state index contributed by atoms with van der Waals surface area (Å²) in [5.41, 5.74) is 0. The van der Waals surface area contributed by atoms with Crippen molar-refractivity contribution in [3.05, 3.63) is 0 Å². The van der Waals surface area contributed by atoms with E-state index in [9.17, 15) is 0 Å². The molecule has 1 saturated carbocycles. The molecule has 1 fully saturated rings.